The van der Waals surface area contributed by atoms with Gasteiger partial charge in [0.15, 0.2) is 5.82 Å². The molecule has 1 saturated carbocycles. The molecule has 5 rings (SSSR count). The number of hydrogen-bond donors (Lipinski definition) is 3. The van der Waals surface area contributed by atoms with Crippen molar-refractivity contribution in [3.05, 3.63) is 36.1 Å². The number of nitrogens with zero attached hydrogens (tertiary/aromatic N) is 6. The number of H-pyrrole nitrogens is 1. The summed E-state index contributed by atoms with van der Waals surface area (Å²) < 4.78 is 16.3. The summed E-state index contributed by atoms with van der Waals surface area (Å²) in [7, 11) is 0. The SMILES string of the molecule is CCn1cc(Nc2nc(N[C@@H]3CCCN(C(=O)/C(C#N)=C/C4CC4)C3)c3c(F)c[nH]c3n2)cn1. The number of nitrogens with one attached hydrogen (secondary N) is 3. The molecule has 1 amide bonds. The lowest BCUT2D eigenvalue weighted by atomic mass is 10.0. The van der Waals surface area contributed by atoms with E-state index in [2.05, 4.69) is 36.8 Å². The summed E-state index contributed by atoms with van der Waals surface area (Å²) in [5, 5.41) is 20.4. The van der Waals surface area contributed by atoms with Crippen LogP contribution in [0.2, 0.25) is 0 Å². The van der Waals surface area contributed by atoms with Crippen LogP contribution in [0, 0.1) is 23.1 Å². The van der Waals surface area contributed by atoms with Crippen molar-refractivity contribution in [3.8, 4) is 6.07 Å². The monoisotopic (exact) mass is 463 g/mol. The first-order valence-corrected chi connectivity index (χ1v) is 11.6. The van der Waals surface area contributed by atoms with Crippen molar-refractivity contribution in [2.24, 2.45) is 5.92 Å². The van der Waals surface area contributed by atoms with Gasteiger partial charge in [-0.05, 0) is 38.5 Å². The van der Waals surface area contributed by atoms with Crippen molar-refractivity contribution in [2.75, 3.05) is 23.7 Å². The number of nitriles is 1. The Labute approximate surface area is 195 Å². The molecule has 0 bridgehead atoms. The molecule has 1 aliphatic heterocycles. The third-order valence-electron chi connectivity index (χ3n) is 6.12. The fraction of sp³-hybridized carbons (Fsp3) is 0.435. The second-order valence-corrected chi connectivity index (χ2v) is 8.73. The quantitative estimate of drug-likeness (QED) is 0.362. The predicted octanol–water partition coefficient (Wildman–Crippen LogP) is 3.32. The molecule has 176 valence electrons. The number of fused-ring (bicyclic) bond motifs is 1. The molecule has 3 aromatic rings. The largest absolute Gasteiger partial charge is 0.365 e. The summed E-state index contributed by atoms with van der Waals surface area (Å²) in [6, 6.07) is 1.92. The molecule has 1 saturated heterocycles. The summed E-state index contributed by atoms with van der Waals surface area (Å²) in [6.07, 6.45) is 10.2. The molecule has 4 heterocycles. The molecule has 2 fully saturated rings. The van der Waals surface area contributed by atoms with E-state index in [0.717, 1.165) is 37.9 Å². The van der Waals surface area contributed by atoms with E-state index in [4.69, 9.17) is 0 Å². The van der Waals surface area contributed by atoms with Crippen molar-refractivity contribution < 1.29 is 9.18 Å². The molecule has 11 heteroatoms. The fourth-order valence-corrected chi connectivity index (χ4v) is 4.18. The zero-order valence-electron chi connectivity index (χ0n) is 18.9. The van der Waals surface area contributed by atoms with E-state index in [1.165, 1.54) is 6.20 Å². The Balaban J connectivity index is 1.36. The van der Waals surface area contributed by atoms with Gasteiger partial charge < -0.3 is 20.5 Å². The highest BCUT2D eigenvalue weighted by atomic mass is 19.1. The molecule has 2 aliphatic rings. The second-order valence-electron chi connectivity index (χ2n) is 8.73. The summed E-state index contributed by atoms with van der Waals surface area (Å²) in [5.74, 6) is 0.305. The topological polar surface area (TPSA) is 128 Å². The van der Waals surface area contributed by atoms with Crippen LogP contribution in [0.15, 0.2) is 30.2 Å². The van der Waals surface area contributed by atoms with Gasteiger partial charge in [-0.1, -0.05) is 6.08 Å². The van der Waals surface area contributed by atoms with Crippen LogP contribution in [0.1, 0.15) is 32.6 Å². The third kappa shape index (κ3) is 4.57. The molecule has 3 N–H and O–H groups in total. The number of anilines is 3. The van der Waals surface area contributed by atoms with Crippen LogP contribution in [0.3, 0.4) is 0 Å². The van der Waals surface area contributed by atoms with Crippen LogP contribution in [-0.4, -0.2) is 54.7 Å². The number of likely N-dealkylation sites (tertiary alicyclic amines) is 1. The van der Waals surface area contributed by atoms with Crippen molar-refractivity contribution in [1.29, 1.82) is 5.26 Å². The van der Waals surface area contributed by atoms with Gasteiger partial charge in [-0.3, -0.25) is 9.48 Å². The van der Waals surface area contributed by atoms with Gasteiger partial charge in [0.2, 0.25) is 5.95 Å². The Morgan fingerprint density at radius 2 is 2.24 bits per heavy atom. The predicted molar refractivity (Wildman–Crippen MR) is 125 cm³/mol. The molecular weight excluding hydrogens is 437 g/mol. The Morgan fingerprint density at radius 1 is 1.38 bits per heavy atom. The average Bonchev–Trinajstić information content (AvgIpc) is 3.43. The maximum atomic E-state index is 14.6. The van der Waals surface area contributed by atoms with Gasteiger partial charge in [-0.2, -0.15) is 20.3 Å². The Kier molecular flexibility index (Phi) is 5.88. The first-order chi connectivity index (χ1) is 16.5. The van der Waals surface area contributed by atoms with Crippen molar-refractivity contribution in [3.63, 3.8) is 0 Å². The molecule has 3 aromatic heterocycles. The lowest BCUT2D eigenvalue weighted by molar-refractivity contribution is -0.127. The Bertz CT molecular complexity index is 1280. The number of halogens is 1. The van der Waals surface area contributed by atoms with E-state index in [0.29, 0.717) is 36.4 Å². The van der Waals surface area contributed by atoms with Crippen molar-refractivity contribution >= 4 is 34.4 Å². The highest BCUT2D eigenvalue weighted by Gasteiger charge is 2.29. The maximum Gasteiger partial charge on any atom is 0.264 e. The first-order valence-electron chi connectivity index (χ1n) is 11.6. The number of aromatic amines is 1. The number of hydrogen-bond acceptors (Lipinski definition) is 7. The number of piperidine rings is 1. The number of amides is 1. The van der Waals surface area contributed by atoms with Crippen LogP contribution in [0.25, 0.3) is 11.0 Å². The molecule has 0 unspecified atom stereocenters. The van der Waals surface area contributed by atoms with Gasteiger partial charge in [0, 0.05) is 38.1 Å². The molecular formula is C23H26FN9O. The number of aryl methyl sites for hydroxylation is 1. The van der Waals surface area contributed by atoms with Gasteiger partial charge in [-0.15, -0.1) is 0 Å². The summed E-state index contributed by atoms with van der Waals surface area (Å²) in [4.78, 5) is 26.4. The van der Waals surface area contributed by atoms with E-state index >= 15 is 0 Å². The number of carbonyl (C=O) groups excluding carboxylic acids is 1. The van der Waals surface area contributed by atoms with Crippen LogP contribution in [0.4, 0.5) is 21.8 Å². The highest BCUT2D eigenvalue weighted by molar-refractivity contribution is 5.97. The van der Waals surface area contributed by atoms with E-state index < -0.39 is 5.82 Å². The molecule has 0 aromatic carbocycles. The summed E-state index contributed by atoms with van der Waals surface area (Å²) in [5.41, 5.74) is 1.30. The third-order valence-corrected chi connectivity index (χ3v) is 6.12. The zero-order chi connectivity index (χ0) is 23.7. The standard InChI is InChI=1S/C23H26FN9O/c1-2-33-13-17(10-27-33)29-23-30-20-19(18(24)11-26-20)21(31-23)28-16-4-3-7-32(12-16)22(34)15(9-25)8-14-5-6-14/h8,10-11,13-14,16H,2-7,12H2,1H3,(H3,26,28,29,30,31)/b15-8+/t16-/m1/s1. The smallest absolute Gasteiger partial charge is 0.264 e. The zero-order valence-corrected chi connectivity index (χ0v) is 18.9. The minimum absolute atomic E-state index is 0.137. The van der Waals surface area contributed by atoms with Gasteiger partial charge in [-0.25, -0.2) is 4.39 Å². The lowest BCUT2D eigenvalue weighted by Crippen LogP contribution is -2.45. The van der Waals surface area contributed by atoms with Crippen molar-refractivity contribution in [2.45, 2.75) is 45.2 Å². The van der Waals surface area contributed by atoms with E-state index in [1.807, 2.05) is 13.1 Å². The normalized spacial score (nSPS) is 18.7. The number of allylic oxidation sites excluding steroid dienone is 1. The maximum absolute atomic E-state index is 14.6. The minimum atomic E-state index is -0.453. The Hall–Kier alpha value is -3.94. The Morgan fingerprint density at radius 3 is 2.97 bits per heavy atom. The molecule has 1 atom stereocenters. The lowest BCUT2D eigenvalue weighted by Gasteiger charge is -2.33. The van der Waals surface area contributed by atoms with Crippen LogP contribution < -0.4 is 10.6 Å². The number of carbonyl (C=O) groups is 1. The van der Waals surface area contributed by atoms with Gasteiger partial charge >= 0.3 is 0 Å². The summed E-state index contributed by atoms with van der Waals surface area (Å²) in [6.45, 7) is 3.72. The average molecular weight is 464 g/mol. The van der Waals surface area contributed by atoms with Gasteiger partial charge in [0.05, 0.1) is 17.3 Å². The summed E-state index contributed by atoms with van der Waals surface area (Å²) >= 11 is 0. The van der Waals surface area contributed by atoms with E-state index in [1.54, 1.807) is 21.9 Å². The minimum Gasteiger partial charge on any atom is -0.365 e. The van der Waals surface area contributed by atoms with Crippen molar-refractivity contribution in [1.82, 2.24) is 29.6 Å². The van der Waals surface area contributed by atoms with Gasteiger partial charge in [0.25, 0.3) is 5.91 Å². The molecule has 10 nitrogen and oxygen atoms in total. The number of rotatable bonds is 7. The van der Waals surface area contributed by atoms with E-state index in [-0.39, 0.29) is 22.9 Å². The second kappa shape index (κ2) is 9.13. The molecule has 34 heavy (non-hydrogen) atoms. The van der Waals surface area contributed by atoms with Crippen LogP contribution >= 0.6 is 0 Å². The number of aromatic nitrogens is 5. The van der Waals surface area contributed by atoms with Crippen LogP contribution in [0.5, 0.6) is 0 Å². The van der Waals surface area contributed by atoms with Gasteiger partial charge in [0.1, 0.15) is 23.1 Å². The first kappa shape index (κ1) is 21.9. The molecule has 1 aliphatic carbocycles. The highest BCUT2D eigenvalue weighted by Crippen LogP contribution is 2.32. The van der Waals surface area contributed by atoms with Crippen LogP contribution in [-0.2, 0) is 11.3 Å². The van der Waals surface area contributed by atoms with E-state index in [9.17, 15) is 14.4 Å². The fourth-order valence-electron chi connectivity index (χ4n) is 4.18. The molecule has 0 spiro atoms. The molecule has 0 radical (unpaired) electrons.